The third kappa shape index (κ3) is 2.50. The molecule has 0 radical (unpaired) electrons. The molecule has 11 heavy (non-hydrogen) atoms. The molecule has 0 amide bonds. The maximum Gasteiger partial charge on any atom is 0.325 e. The summed E-state index contributed by atoms with van der Waals surface area (Å²) in [4.78, 5) is 13.1. The summed E-state index contributed by atoms with van der Waals surface area (Å²) in [5.74, 6) is -0.176. The van der Waals surface area contributed by atoms with Crippen LogP contribution in [0.5, 0.6) is 0 Å². The topological polar surface area (TPSA) is 29.5 Å². The van der Waals surface area contributed by atoms with Crippen LogP contribution < -0.4 is 0 Å². The Morgan fingerprint density at radius 2 is 1.91 bits per heavy atom. The van der Waals surface area contributed by atoms with Crippen molar-refractivity contribution in [2.75, 3.05) is 20.7 Å². The molecule has 3 nitrogen and oxygen atoms in total. The zero-order valence-corrected chi connectivity index (χ0v) is 7.97. The minimum atomic E-state index is -0.518. The molecule has 0 unspecified atom stereocenters. The summed E-state index contributed by atoms with van der Waals surface area (Å²) in [6, 6.07) is 0. The van der Waals surface area contributed by atoms with Crippen molar-refractivity contribution in [1.29, 1.82) is 0 Å². The lowest BCUT2D eigenvalue weighted by Crippen LogP contribution is -2.46. The fourth-order valence-corrected chi connectivity index (χ4v) is 0.490. The number of carbonyl (C=O) groups excluding carboxylic acids is 1. The molecule has 0 bridgehead atoms. The van der Waals surface area contributed by atoms with Crippen molar-refractivity contribution in [1.82, 2.24) is 4.90 Å². The number of hydrogen-bond acceptors (Lipinski definition) is 3. The van der Waals surface area contributed by atoms with Gasteiger partial charge in [-0.2, -0.15) is 0 Å². The van der Waals surface area contributed by atoms with Gasteiger partial charge in [-0.05, 0) is 34.9 Å². The first-order chi connectivity index (χ1) is 4.92. The van der Waals surface area contributed by atoms with Gasteiger partial charge < -0.3 is 4.74 Å². The first-order valence-corrected chi connectivity index (χ1v) is 3.77. The molecule has 0 aromatic carbocycles. The molecular formula is C8H17NO2. The van der Waals surface area contributed by atoms with Crippen molar-refractivity contribution in [3.63, 3.8) is 0 Å². The highest BCUT2D eigenvalue weighted by atomic mass is 16.5. The summed E-state index contributed by atoms with van der Waals surface area (Å²) in [6.07, 6.45) is 0. The van der Waals surface area contributed by atoms with Gasteiger partial charge >= 0.3 is 5.97 Å². The molecule has 0 spiro atoms. The fraction of sp³-hybridized carbons (Fsp3) is 0.875. The summed E-state index contributed by atoms with van der Waals surface area (Å²) >= 11 is 0. The van der Waals surface area contributed by atoms with Crippen LogP contribution in [0.4, 0.5) is 0 Å². The van der Waals surface area contributed by atoms with E-state index in [0.717, 1.165) is 0 Å². The van der Waals surface area contributed by atoms with Gasteiger partial charge in [0.15, 0.2) is 0 Å². The average molecular weight is 159 g/mol. The molecule has 0 fully saturated rings. The number of hydrogen-bond donors (Lipinski definition) is 0. The third-order valence-corrected chi connectivity index (χ3v) is 1.89. The molecule has 0 saturated heterocycles. The molecular weight excluding hydrogens is 142 g/mol. The number of rotatable bonds is 3. The monoisotopic (exact) mass is 159 g/mol. The molecule has 0 rings (SSSR count). The number of likely N-dealkylation sites (N-methyl/N-ethyl adjacent to an activating group) is 1. The molecule has 3 heteroatoms. The molecule has 0 aliphatic rings. The minimum absolute atomic E-state index is 0.176. The van der Waals surface area contributed by atoms with E-state index < -0.39 is 5.54 Å². The van der Waals surface area contributed by atoms with Crippen molar-refractivity contribution >= 4 is 5.97 Å². The SMILES string of the molecule is CCOC(=O)C(C)(C)N(C)C. The van der Waals surface area contributed by atoms with Gasteiger partial charge in [0.25, 0.3) is 0 Å². The number of esters is 1. The summed E-state index contributed by atoms with van der Waals surface area (Å²) in [5, 5.41) is 0. The molecule has 0 aliphatic carbocycles. The first-order valence-electron chi connectivity index (χ1n) is 3.77. The van der Waals surface area contributed by atoms with Crippen molar-refractivity contribution < 1.29 is 9.53 Å². The Morgan fingerprint density at radius 3 is 2.18 bits per heavy atom. The lowest BCUT2D eigenvalue weighted by molar-refractivity contribution is -0.154. The number of nitrogens with zero attached hydrogens (tertiary/aromatic N) is 1. The van der Waals surface area contributed by atoms with Gasteiger partial charge in [0, 0.05) is 0 Å². The van der Waals surface area contributed by atoms with Crippen LogP contribution >= 0.6 is 0 Å². The average Bonchev–Trinajstić information content (AvgIpc) is 1.88. The van der Waals surface area contributed by atoms with Crippen LogP contribution in [0.2, 0.25) is 0 Å². The molecule has 0 heterocycles. The van der Waals surface area contributed by atoms with E-state index in [1.54, 1.807) is 0 Å². The Morgan fingerprint density at radius 1 is 1.45 bits per heavy atom. The normalized spacial score (nSPS) is 11.8. The van der Waals surface area contributed by atoms with E-state index in [0.29, 0.717) is 6.61 Å². The Hall–Kier alpha value is -0.570. The molecule has 0 atom stereocenters. The third-order valence-electron chi connectivity index (χ3n) is 1.89. The second-order valence-corrected chi connectivity index (χ2v) is 3.17. The molecule has 0 aromatic heterocycles. The van der Waals surface area contributed by atoms with Crippen LogP contribution in [0.3, 0.4) is 0 Å². The van der Waals surface area contributed by atoms with Crippen LogP contribution in [-0.2, 0) is 9.53 Å². The summed E-state index contributed by atoms with van der Waals surface area (Å²) < 4.78 is 4.89. The minimum Gasteiger partial charge on any atom is -0.465 e. The van der Waals surface area contributed by atoms with E-state index in [1.165, 1.54) is 0 Å². The quantitative estimate of drug-likeness (QED) is 0.573. The van der Waals surface area contributed by atoms with Gasteiger partial charge in [-0.15, -0.1) is 0 Å². The maximum atomic E-state index is 11.2. The van der Waals surface area contributed by atoms with E-state index in [9.17, 15) is 4.79 Å². The highest BCUT2D eigenvalue weighted by Gasteiger charge is 2.31. The Balaban J connectivity index is 4.18. The zero-order chi connectivity index (χ0) is 9.07. The van der Waals surface area contributed by atoms with Crippen LogP contribution in [0, 0.1) is 0 Å². The van der Waals surface area contributed by atoms with Crippen molar-refractivity contribution in [3.05, 3.63) is 0 Å². The lowest BCUT2D eigenvalue weighted by atomic mass is 10.1. The van der Waals surface area contributed by atoms with Crippen LogP contribution in [0.15, 0.2) is 0 Å². The van der Waals surface area contributed by atoms with E-state index in [-0.39, 0.29) is 5.97 Å². The van der Waals surface area contributed by atoms with Gasteiger partial charge in [0.2, 0.25) is 0 Å². The Bertz CT molecular complexity index is 141. The standard InChI is InChI=1S/C8H17NO2/c1-6-11-7(10)8(2,3)9(4)5/h6H2,1-5H3. The molecule has 0 N–H and O–H groups in total. The fourth-order valence-electron chi connectivity index (χ4n) is 0.490. The molecule has 66 valence electrons. The van der Waals surface area contributed by atoms with Gasteiger partial charge in [-0.3, -0.25) is 9.69 Å². The highest BCUT2D eigenvalue weighted by molar-refractivity contribution is 5.79. The van der Waals surface area contributed by atoms with Crippen LogP contribution in [-0.4, -0.2) is 37.1 Å². The zero-order valence-electron chi connectivity index (χ0n) is 7.97. The predicted molar refractivity (Wildman–Crippen MR) is 44.4 cm³/mol. The first kappa shape index (κ1) is 10.4. The Kier molecular flexibility index (Phi) is 3.52. The van der Waals surface area contributed by atoms with Gasteiger partial charge in [0.05, 0.1) is 6.61 Å². The number of carbonyl (C=O) groups is 1. The second-order valence-electron chi connectivity index (χ2n) is 3.17. The van der Waals surface area contributed by atoms with Crippen molar-refractivity contribution in [2.45, 2.75) is 26.3 Å². The number of ether oxygens (including phenoxy) is 1. The van der Waals surface area contributed by atoms with Crippen molar-refractivity contribution in [2.24, 2.45) is 0 Å². The Labute approximate surface area is 68.3 Å². The second kappa shape index (κ2) is 3.72. The van der Waals surface area contributed by atoms with Gasteiger partial charge in [-0.1, -0.05) is 0 Å². The van der Waals surface area contributed by atoms with E-state index in [2.05, 4.69) is 0 Å². The van der Waals surface area contributed by atoms with Crippen molar-refractivity contribution in [3.8, 4) is 0 Å². The molecule has 0 aromatic rings. The smallest absolute Gasteiger partial charge is 0.325 e. The lowest BCUT2D eigenvalue weighted by Gasteiger charge is -2.29. The molecule has 0 aliphatic heterocycles. The van der Waals surface area contributed by atoms with E-state index in [1.807, 2.05) is 39.8 Å². The van der Waals surface area contributed by atoms with Gasteiger partial charge in [0.1, 0.15) is 5.54 Å². The van der Waals surface area contributed by atoms with Crippen LogP contribution in [0.1, 0.15) is 20.8 Å². The van der Waals surface area contributed by atoms with E-state index >= 15 is 0 Å². The van der Waals surface area contributed by atoms with Crippen LogP contribution in [0.25, 0.3) is 0 Å². The summed E-state index contributed by atoms with van der Waals surface area (Å²) in [6.45, 7) is 5.93. The summed E-state index contributed by atoms with van der Waals surface area (Å²) in [5.41, 5.74) is -0.518. The predicted octanol–water partition coefficient (Wildman–Crippen LogP) is 0.890. The largest absolute Gasteiger partial charge is 0.465 e. The highest BCUT2D eigenvalue weighted by Crippen LogP contribution is 2.11. The summed E-state index contributed by atoms with van der Waals surface area (Å²) in [7, 11) is 3.72. The maximum absolute atomic E-state index is 11.2. The van der Waals surface area contributed by atoms with Gasteiger partial charge in [-0.25, -0.2) is 0 Å². The van der Waals surface area contributed by atoms with E-state index in [4.69, 9.17) is 4.74 Å². The molecule has 0 saturated carbocycles.